The van der Waals surface area contributed by atoms with Crippen LogP contribution in [0, 0.1) is 17.6 Å². The first-order chi connectivity index (χ1) is 15.2. The summed E-state index contributed by atoms with van der Waals surface area (Å²) >= 11 is 0. The van der Waals surface area contributed by atoms with Crippen molar-refractivity contribution >= 4 is 29.0 Å². The number of nitrogens with two attached hydrogens (primary N) is 2. The first kappa shape index (κ1) is 23.6. The zero-order valence-corrected chi connectivity index (χ0v) is 18.4. The number of pyridine rings is 2. The maximum atomic E-state index is 14.7. The summed E-state index contributed by atoms with van der Waals surface area (Å²) in [6.07, 6.45) is 1.41. The number of rotatable bonds is 8. The number of morpholine rings is 1. The second kappa shape index (κ2) is 10.0. The molecule has 0 spiro atoms. The Balaban J connectivity index is 1.90. The molecule has 2 aromatic heterocycles. The Morgan fingerprint density at radius 1 is 1.16 bits per heavy atom. The molecule has 1 amide bonds. The second-order valence-corrected chi connectivity index (χ2v) is 8.11. The Hall–Kier alpha value is -3.05. The van der Waals surface area contributed by atoms with E-state index in [-0.39, 0.29) is 46.7 Å². The lowest BCUT2D eigenvalue weighted by Crippen LogP contribution is -2.42. The largest absolute Gasteiger partial charge is 0.378 e. The van der Waals surface area contributed by atoms with Crippen LogP contribution in [0.1, 0.15) is 31.1 Å². The molecule has 0 bridgehead atoms. The SMILES string of the molecule is CC(C)[C@@H](Nc1nc(Nc2cnc(N3CCOCC3)c(F)c2)c(C(N)=O)cc1F)[C@H](C)N. The summed E-state index contributed by atoms with van der Waals surface area (Å²) in [5.74, 6) is -1.98. The Bertz CT molecular complexity index is 957. The highest BCUT2D eigenvalue weighted by Gasteiger charge is 2.23. The number of primary amides is 1. The fourth-order valence-corrected chi connectivity index (χ4v) is 3.58. The summed E-state index contributed by atoms with van der Waals surface area (Å²) in [6.45, 7) is 7.76. The second-order valence-electron chi connectivity index (χ2n) is 8.11. The van der Waals surface area contributed by atoms with Crippen molar-refractivity contribution in [1.29, 1.82) is 0 Å². The van der Waals surface area contributed by atoms with Gasteiger partial charge in [-0.05, 0) is 18.9 Å². The monoisotopic (exact) mass is 449 g/mol. The maximum absolute atomic E-state index is 14.7. The summed E-state index contributed by atoms with van der Waals surface area (Å²) in [4.78, 5) is 22.1. The van der Waals surface area contributed by atoms with Crippen molar-refractivity contribution in [2.75, 3.05) is 41.8 Å². The van der Waals surface area contributed by atoms with Gasteiger partial charge in [-0.3, -0.25) is 4.79 Å². The molecule has 0 unspecified atom stereocenters. The summed E-state index contributed by atoms with van der Waals surface area (Å²) in [7, 11) is 0. The van der Waals surface area contributed by atoms with E-state index in [0.29, 0.717) is 26.3 Å². The van der Waals surface area contributed by atoms with Crippen molar-refractivity contribution in [2.45, 2.75) is 32.9 Å². The number of nitrogens with one attached hydrogen (secondary N) is 2. The first-order valence-electron chi connectivity index (χ1n) is 10.4. The van der Waals surface area contributed by atoms with Crippen LogP contribution >= 0.6 is 0 Å². The molecule has 9 nitrogen and oxygen atoms in total. The van der Waals surface area contributed by atoms with E-state index in [1.165, 1.54) is 12.3 Å². The lowest BCUT2D eigenvalue weighted by molar-refractivity contribution is 0.100. The van der Waals surface area contributed by atoms with E-state index in [2.05, 4.69) is 20.6 Å². The minimum Gasteiger partial charge on any atom is -0.378 e. The van der Waals surface area contributed by atoms with Gasteiger partial charge in [0.2, 0.25) is 0 Å². The number of anilines is 4. The predicted molar refractivity (Wildman–Crippen MR) is 119 cm³/mol. The molecule has 3 heterocycles. The van der Waals surface area contributed by atoms with Crippen LogP contribution < -0.4 is 27.0 Å². The highest BCUT2D eigenvalue weighted by Crippen LogP contribution is 2.27. The van der Waals surface area contributed by atoms with Gasteiger partial charge in [-0.25, -0.2) is 18.7 Å². The third-order valence-corrected chi connectivity index (χ3v) is 5.22. The molecular formula is C21H29F2N7O2. The van der Waals surface area contributed by atoms with Gasteiger partial charge >= 0.3 is 0 Å². The number of carbonyl (C=O) groups is 1. The Kier molecular flexibility index (Phi) is 7.41. The Labute approximate surface area is 185 Å². The minimum absolute atomic E-state index is 0.0195. The van der Waals surface area contributed by atoms with Crippen molar-refractivity contribution in [2.24, 2.45) is 17.4 Å². The quantitative estimate of drug-likeness (QED) is 0.482. The van der Waals surface area contributed by atoms with Gasteiger partial charge in [0.1, 0.15) is 5.82 Å². The molecule has 1 fully saturated rings. The zero-order chi connectivity index (χ0) is 23.4. The van der Waals surface area contributed by atoms with E-state index in [9.17, 15) is 13.6 Å². The number of ether oxygens (including phenoxy) is 1. The van der Waals surface area contributed by atoms with Gasteiger partial charge in [0.25, 0.3) is 5.91 Å². The van der Waals surface area contributed by atoms with Gasteiger partial charge in [0.05, 0.1) is 30.7 Å². The topological polar surface area (TPSA) is 131 Å². The van der Waals surface area contributed by atoms with Crippen molar-refractivity contribution in [1.82, 2.24) is 9.97 Å². The molecule has 1 aliphatic rings. The Morgan fingerprint density at radius 2 is 1.84 bits per heavy atom. The highest BCUT2D eigenvalue weighted by atomic mass is 19.1. The molecule has 0 saturated carbocycles. The lowest BCUT2D eigenvalue weighted by Gasteiger charge is -2.28. The minimum atomic E-state index is -0.878. The number of aromatic nitrogens is 2. The summed E-state index contributed by atoms with van der Waals surface area (Å²) in [5, 5.41) is 5.82. The average molecular weight is 450 g/mol. The third kappa shape index (κ3) is 5.40. The number of amides is 1. The molecule has 6 N–H and O–H groups in total. The van der Waals surface area contributed by atoms with Crippen molar-refractivity contribution in [3.63, 3.8) is 0 Å². The van der Waals surface area contributed by atoms with E-state index >= 15 is 0 Å². The molecule has 2 aromatic rings. The summed E-state index contributed by atoms with van der Waals surface area (Å²) in [6, 6.07) is 1.68. The van der Waals surface area contributed by atoms with Gasteiger partial charge < -0.3 is 31.7 Å². The van der Waals surface area contributed by atoms with Crippen LogP contribution in [0.4, 0.5) is 31.9 Å². The Morgan fingerprint density at radius 3 is 2.41 bits per heavy atom. The molecule has 2 atom stereocenters. The highest BCUT2D eigenvalue weighted by molar-refractivity contribution is 5.98. The molecule has 1 aliphatic heterocycles. The number of carbonyl (C=O) groups excluding carboxylic acids is 1. The van der Waals surface area contributed by atoms with E-state index in [0.717, 1.165) is 6.07 Å². The van der Waals surface area contributed by atoms with E-state index in [1.807, 2.05) is 13.8 Å². The molecule has 0 aromatic carbocycles. The van der Waals surface area contributed by atoms with Gasteiger partial charge in [0, 0.05) is 31.2 Å². The van der Waals surface area contributed by atoms with E-state index in [1.54, 1.807) is 11.8 Å². The van der Waals surface area contributed by atoms with Crippen molar-refractivity contribution in [3.05, 3.63) is 35.5 Å². The predicted octanol–water partition coefficient (Wildman–Crippen LogP) is 2.22. The lowest BCUT2D eigenvalue weighted by atomic mass is 9.98. The molecule has 174 valence electrons. The number of hydrogen-bond acceptors (Lipinski definition) is 8. The van der Waals surface area contributed by atoms with Crippen molar-refractivity contribution in [3.8, 4) is 0 Å². The first-order valence-corrected chi connectivity index (χ1v) is 10.4. The van der Waals surface area contributed by atoms with Crippen LogP contribution in [0.25, 0.3) is 0 Å². The van der Waals surface area contributed by atoms with Gasteiger partial charge in [0.15, 0.2) is 23.3 Å². The standard InChI is InChI=1S/C21H29F2N7O2/c1-11(2)17(12(3)24)28-20-15(22)9-14(18(25)31)19(29-20)27-13-8-16(23)21(26-10-13)30-4-6-32-7-5-30/h8-12,17H,4-7,24H2,1-3H3,(H2,25,31)(H2,27,28,29)/t12-,17+/m0/s1. The van der Waals surface area contributed by atoms with Crippen LogP contribution in [0.2, 0.25) is 0 Å². The zero-order valence-electron chi connectivity index (χ0n) is 18.4. The number of halogens is 2. The molecular weight excluding hydrogens is 420 g/mol. The summed E-state index contributed by atoms with van der Waals surface area (Å²) in [5.41, 5.74) is 11.5. The van der Waals surface area contributed by atoms with Gasteiger partial charge in [-0.15, -0.1) is 0 Å². The fourth-order valence-electron chi connectivity index (χ4n) is 3.58. The molecule has 0 radical (unpaired) electrons. The van der Waals surface area contributed by atoms with Crippen molar-refractivity contribution < 1.29 is 18.3 Å². The van der Waals surface area contributed by atoms with Crippen LogP contribution in [-0.2, 0) is 4.74 Å². The van der Waals surface area contributed by atoms with E-state index in [4.69, 9.17) is 16.2 Å². The fraction of sp³-hybridized carbons (Fsp3) is 0.476. The van der Waals surface area contributed by atoms with Crippen LogP contribution in [0.15, 0.2) is 18.3 Å². The third-order valence-electron chi connectivity index (χ3n) is 5.22. The smallest absolute Gasteiger partial charge is 0.252 e. The summed E-state index contributed by atoms with van der Waals surface area (Å²) < 4.78 is 34.6. The molecule has 11 heteroatoms. The van der Waals surface area contributed by atoms with E-state index < -0.39 is 17.5 Å². The van der Waals surface area contributed by atoms with Gasteiger partial charge in [-0.2, -0.15) is 0 Å². The molecule has 0 aliphatic carbocycles. The van der Waals surface area contributed by atoms with Crippen LogP contribution in [0.3, 0.4) is 0 Å². The molecule has 3 rings (SSSR count). The molecule has 32 heavy (non-hydrogen) atoms. The van der Waals surface area contributed by atoms with Gasteiger partial charge in [-0.1, -0.05) is 13.8 Å². The average Bonchev–Trinajstić information content (AvgIpc) is 2.73. The number of hydrogen-bond donors (Lipinski definition) is 4. The maximum Gasteiger partial charge on any atom is 0.252 e. The number of nitrogens with zero attached hydrogens (tertiary/aromatic N) is 3. The normalized spacial score (nSPS) is 16.0. The molecule has 1 saturated heterocycles. The van der Waals surface area contributed by atoms with Crippen LogP contribution in [0.5, 0.6) is 0 Å². The van der Waals surface area contributed by atoms with Crippen LogP contribution in [-0.4, -0.2) is 54.3 Å².